The van der Waals surface area contributed by atoms with Crippen molar-refractivity contribution in [2.45, 2.75) is 10.4 Å². The fourth-order valence-electron chi connectivity index (χ4n) is 3.73. The number of rotatable bonds is 4. The molecule has 13 heteroatoms. The Bertz CT molecular complexity index is 1310. The zero-order valence-electron chi connectivity index (χ0n) is 16.9. The molecule has 1 aliphatic rings. The minimum absolute atomic E-state index is 0.0150. The molecule has 33 heavy (non-hydrogen) atoms. The Morgan fingerprint density at radius 3 is 2.30 bits per heavy atom. The van der Waals surface area contributed by atoms with Crippen molar-refractivity contribution in [2.24, 2.45) is 0 Å². The molecule has 1 saturated heterocycles. The van der Waals surface area contributed by atoms with Crippen molar-refractivity contribution >= 4 is 38.0 Å². The van der Waals surface area contributed by atoms with Gasteiger partial charge in [0.2, 0.25) is 0 Å². The molecule has 0 bridgehead atoms. The first-order valence-electron chi connectivity index (χ1n) is 9.71. The lowest BCUT2D eigenvalue weighted by Crippen LogP contribution is -2.49. The summed E-state index contributed by atoms with van der Waals surface area (Å²) in [5.74, 6) is -0.244. The van der Waals surface area contributed by atoms with Gasteiger partial charge in [-0.05, 0) is 24.3 Å². The Kier molecular flexibility index (Phi) is 5.52. The highest BCUT2D eigenvalue weighted by molar-refractivity contribution is 7.92. The van der Waals surface area contributed by atoms with E-state index in [9.17, 15) is 36.5 Å². The van der Waals surface area contributed by atoms with Crippen LogP contribution in [0.2, 0.25) is 0 Å². The van der Waals surface area contributed by atoms with Crippen molar-refractivity contribution in [1.29, 1.82) is 0 Å². The number of hydrogen-bond acceptors (Lipinski definition) is 6. The topological polar surface area (TPSA) is 117 Å². The second-order valence-electron chi connectivity index (χ2n) is 7.41. The van der Waals surface area contributed by atoms with E-state index in [1.807, 2.05) is 24.3 Å². The molecular formula is C20H17F3N4O5S. The zero-order valence-corrected chi connectivity index (χ0v) is 17.7. The van der Waals surface area contributed by atoms with Gasteiger partial charge in [0.25, 0.3) is 21.4 Å². The van der Waals surface area contributed by atoms with E-state index in [4.69, 9.17) is 0 Å². The van der Waals surface area contributed by atoms with Crippen LogP contribution in [-0.2, 0) is 9.84 Å². The minimum atomic E-state index is -5.72. The highest BCUT2D eigenvalue weighted by Crippen LogP contribution is 2.36. The summed E-state index contributed by atoms with van der Waals surface area (Å²) in [6.45, 7) is 0.790. The van der Waals surface area contributed by atoms with E-state index in [0.29, 0.717) is 17.8 Å². The number of nitro benzene ring substituents is 1. The number of H-pyrrole nitrogens is 1. The van der Waals surface area contributed by atoms with Crippen LogP contribution in [-0.4, -0.2) is 60.8 Å². The van der Waals surface area contributed by atoms with Crippen molar-refractivity contribution in [1.82, 2.24) is 9.88 Å². The smallest absolute Gasteiger partial charge is 0.362 e. The second-order valence-corrected chi connectivity index (χ2v) is 9.35. The van der Waals surface area contributed by atoms with Gasteiger partial charge >= 0.3 is 5.51 Å². The summed E-state index contributed by atoms with van der Waals surface area (Å²) in [5, 5.41) is 12.3. The lowest BCUT2D eigenvalue weighted by Gasteiger charge is -2.35. The summed E-state index contributed by atoms with van der Waals surface area (Å²) < 4.78 is 61.7. The normalized spacial score (nSPS) is 15.1. The average molecular weight is 482 g/mol. The number of nitro groups is 1. The Morgan fingerprint density at radius 1 is 1.03 bits per heavy atom. The van der Waals surface area contributed by atoms with Crippen molar-refractivity contribution in [3.63, 3.8) is 0 Å². The molecule has 1 amide bonds. The first kappa shape index (κ1) is 22.6. The van der Waals surface area contributed by atoms with Gasteiger partial charge in [0.1, 0.15) is 11.4 Å². The SMILES string of the molecule is O=C(c1cc2ccccc2[nH]1)N1CCN(c2ccc(S(=O)(=O)C(F)(F)F)cc2[N+](=O)[O-])CC1. The number of carbonyl (C=O) groups excluding carboxylic acids is 1. The van der Waals surface area contributed by atoms with Gasteiger partial charge in [-0.2, -0.15) is 13.2 Å². The molecule has 0 radical (unpaired) electrons. The highest BCUT2D eigenvalue weighted by atomic mass is 32.2. The molecule has 4 rings (SSSR count). The van der Waals surface area contributed by atoms with E-state index >= 15 is 0 Å². The summed E-state index contributed by atoms with van der Waals surface area (Å²) in [5.41, 5.74) is -5.13. The number of fused-ring (bicyclic) bond motifs is 1. The van der Waals surface area contributed by atoms with E-state index in [1.165, 1.54) is 4.90 Å². The monoisotopic (exact) mass is 482 g/mol. The molecule has 0 aliphatic carbocycles. The average Bonchev–Trinajstić information content (AvgIpc) is 3.22. The number of hydrogen-bond donors (Lipinski definition) is 1. The third kappa shape index (κ3) is 4.11. The number of carbonyl (C=O) groups is 1. The number of benzene rings is 2. The van der Waals surface area contributed by atoms with Crippen LogP contribution >= 0.6 is 0 Å². The highest BCUT2D eigenvalue weighted by Gasteiger charge is 2.47. The van der Waals surface area contributed by atoms with Gasteiger partial charge in [-0.3, -0.25) is 14.9 Å². The van der Waals surface area contributed by atoms with Crippen LogP contribution in [0.3, 0.4) is 0 Å². The number of alkyl halides is 3. The maximum absolute atomic E-state index is 12.8. The largest absolute Gasteiger partial charge is 0.501 e. The van der Waals surface area contributed by atoms with Crippen molar-refractivity contribution in [3.8, 4) is 0 Å². The van der Waals surface area contributed by atoms with E-state index in [2.05, 4.69) is 4.98 Å². The third-order valence-electron chi connectivity index (χ3n) is 5.43. The predicted molar refractivity (Wildman–Crippen MR) is 113 cm³/mol. The summed E-state index contributed by atoms with van der Waals surface area (Å²) in [6, 6.07) is 11.2. The molecule has 9 nitrogen and oxygen atoms in total. The number of aromatic nitrogens is 1. The Hall–Kier alpha value is -3.61. The van der Waals surface area contributed by atoms with Crippen LogP contribution < -0.4 is 4.90 Å². The quantitative estimate of drug-likeness (QED) is 0.450. The molecule has 2 aromatic carbocycles. The summed E-state index contributed by atoms with van der Waals surface area (Å²) in [4.78, 5) is 28.3. The molecular weight excluding hydrogens is 465 g/mol. The van der Waals surface area contributed by atoms with Gasteiger partial charge in [0.05, 0.1) is 9.82 Å². The molecule has 0 saturated carbocycles. The number of nitrogens with zero attached hydrogens (tertiary/aromatic N) is 3. The fraction of sp³-hybridized carbons (Fsp3) is 0.250. The van der Waals surface area contributed by atoms with Crippen LogP contribution in [0.1, 0.15) is 10.5 Å². The third-order valence-corrected chi connectivity index (χ3v) is 6.91. The van der Waals surface area contributed by atoms with Gasteiger partial charge in [0, 0.05) is 43.1 Å². The lowest BCUT2D eigenvalue weighted by molar-refractivity contribution is -0.384. The minimum Gasteiger partial charge on any atom is -0.362 e. The summed E-state index contributed by atoms with van der Waals surface area (Å²) in [6.07, 6.45) is 0. The van der Waals surface area contributed by atoms with Crippen molar-refractivity contribution in [2.75, 3.05) is 31.1 Å². The van der Waals surface area contributed by atoms with Crippen LogP contribution in [0.4, 0.5) is 24.5 Å². The van der Waals surface area contributed by atoms with Crippen LogP contribution in [0.15, 0.2) is 53.4 Å². The van der Waals surface area contributed by atoms with E-state index in [1.54, 1.807) is 11.0 Å². The van der Waals surface area contributed by atoms with Gasteiger partial charge in [-0.25, -0.2) is 8.42 Å². The molecule has 1 aliphatic heterocycles. The summed E-state index contributed by atoms with van der Waals surface area (Å²) in [7, 11) is -5.72. The fourth-order valence-corrected chi connectivity index (χ4v) is 4.51. The Labute approximate surface area is 185 Å². The number of piperazine rings is 1. The van der Waals surface area contributed by atoms with Gasteiger partial charge in [-0.1, -0.05) is 18.2 Å². The van der Waals surface area contributed by atoms with E-state index in [-0.39, 0.29) is 37.8 Å². The van der Waals surface area contributed by atoms with Crippen LogP contribution in [0.25, 0.3) is 10.9 Å². The van der Waals surface area contributed by atoms with Gasteiger partial charge < -0.3 is 14.8 Å². The Balaban J connectivity index is 1.53. The molecule has 2 heterocycles. The first-order chi connectivity index (χ1) is 15.5. The molecule has 1 fully saturated rings. The summed E-state index contributed by atoms with van der Waals surface area (Å²) >= 11 is 0. The number of anilines is 1. The van der Waals surface area contributed by atoms with Crippen LogP contribution in [0.5, 0.6) is 0 Å². The van der Waals surface area contributed by atoms with Gasteiger partial charge in [-0.15, -0.1) is 0 Å². The number of halogens is 3. The maximum atomic E-state index is 12.8. The molecule has 0 atom stereocenters. The standard InChI is InChI=1S/C20H17F3N4O5S/c21-20(22,23)33(31,32)14-5-6-17(18(12-14)27(29)30)25-7-9-26(10-8-25)19(28)16-11-13-3-1-2-4-15(13)24-16/h1-6,11-12,24H,7-10H2. The number of aromatic amines is 1. The first-order valence-corrected chi connectivity index (χ1v) is 11.2. The molecule has 174 valence electrons. The predicted octanol–water partition coefficient (Wildman–Crippen LogP) is 3.33. The van der Waals surface area contributed by atoms with Crippen molar-refractivity contribution < 1.29 is 31.3 Å². The number of para-hydroxylation sites is 1. The number of nitrogens with one attached hydrogen (secondary N) is 1. The number of sulfone groups is 1. The number of amides is 1. The lowest BCUT2D eigenvalue weighted by atomic mass is 10.2. The second kappa shape index (κ2) is 8.06. The van der Waals surface area contributed by atoms with E-state index < -0.39 is 30.9 Å². The molecule has 1 N–H and O–H groups in total. The molecule has 3 aromatic rings. The van der Waals surface area contributed by atoms with E-state index in [0.717, 1.165) is 17.0 Å². The molecule has 0 unspecified atom stereocenters. The molecule has 0 spiro atoms. The van der Waals surface area contributed by atoms with Crippen LogP contribution in [0, 0.1) is 10.1 Å². The Morgan fingerprint density at radius 2 is 1.70 bits per heavy atom. The van der Waals surface area contributed by atoms with Gasteiger partial charge in [0.15, 0.2) is 0 Å². The maximum Gasteiger partial charge on any atom is 0.501 e. The van der Waals surface area contributed by atoms with Crippen molar-refractivity contribution in [3.05, 3.63) is 64.3 Å². The molecule has 1 aromatic heterocycles. The zero-order chi connectivity index (χ0) is 24.0.